The summed E-state index contributed by atoms with van der Waals surface area (Å²) in [5, 5.41) is 17.2. The Bertz CT molecular complexity index is 474. The number of aromatic nitrogens is 1. The molecular formula is C10H6ClF2N3. The van der Waals surface area contributed by atoms with Gasteiger partial charge in [0.1, 0.15) is 0 Å². The third-order valence-electron chi connectivity index (χ3n) is 1.92. The maximum Gasteiger partial charge on any atom is 0.266 e. The Morgan fingerprint density at radius 3 is 2.56 bits per heavy atom. The van der Waals surface area contributed by atoms with Crippen molar-refractivity contribution in [2.24, 2.45) is 0 Å². The van der Waals surface area contributed by atoms with Crippen molar-refractivity contribution in [1.82, 2.24) is 4.98 Å². The Morgan fingerprint density at radius 1 is 1.44 bits per heavy atom. The van der Waals surface area contributed by atoms with Gasteiger partial charge in [-0.3, -0.25) is 4.98 Å². The number of halogens is 3. The predicted molar refractivity (Wildman–Crippen MR) is 52.8 cm³/mol. The minimum absolute atomic E-state index is 0.0396. The number of nitriles is 2. The third-order valence-corrected chi connectivity index (χ3v) is 2.17. The molecule has 0 saturated heterocycles. The molecule has 0 aliphatic rings. The fourth-order valence-electron chi connectivity index (χ4n) is 1.28. The lowest BCUT2D eigenvalue weighted by Gasteiger charge is -2.09. The lowest BCUT2D eigenvalue weighted by molar-refractivity contribution is 0.149. The highest BCUT2D eigenvalue weighted by Gasteiger charge is 2.20. The van der Waals surface area contributed by atoms with Crippen molar-refractivity contribution in [3.8, 4) is 12.1 Å². The topological polar surface area (TPSA) is 60.5 Å². The number of hydrogen-bond acceptors (Lipinski definition) is 3. The van der Waals surface area contributed by atoms with Crippen LogP contribution in [-0.4, -0.2) is 4.98 Å². The van der Waals surface area contributed by atoms with E-state index in [0.29, 0.717) is 0 Å². The summed E-state index contributed by atoms with van der Waals surface area (Å²) in [5.41, 5.74) is -0.384. The molecule has 0 amide bonds. The van der Waals surface area contributed by atoms with Crippen molar-refractivity contribution in [1.29, 1.82) is 10.5 Å². The van der Waals surface area contributed by atoms with E-state index >= 15 is 0 Å². The van der Waals surface area contributed by atoms with Crippen LogP contribution >= 0.6 is 11.6 Å². The Balaban J connectivity index is 3.39. The molecule has 1 aromatic heterocycles. The van der Waals surface area contributed by atoms with Crippen LogP contribution in [0.3, 0.4) is 0 Å². The molecule has 6 heteroatoms. The van der Waals surface area contributed by atoms with Crippen LogP contribution in [0.1, 0.15) is 28.9 Å². The summed E-state index contributed by atoms with van der Waals surface area (Å²) in [5.74, 6) is -0.215. The van der Waals surface area contributed by atoms with Gasteiger partial charge >= 0.3 is 0 Å². The molecule has 0 atom stereocenters. The van der Waals surface area contributed by atoms with Crippen LogP contribution in [-0.2, 0) is 12.3 Å². The SMILES string of the molecule is N#CCc1cc(C#N)c(C(F)F)c(CCl)n1. The summed E-state index contributed by atoms with van der Waals surface area (Å²) in [6.07, 6.45) is -2.84. The van der Waals surface area contributed by atoms with E-state index in [0.717, 1.165) is 0 Å². The predicted octanol–water partition coefficient (Wildman–Crippen LogP) is 2.70. The first-order chi connectivity index (χ1) is 7.63. The van der Waals surface area contributed by atoms with Crippen LogP contribution < -0.4 is 0 Å². The summed E-state index contributed by atoms with van der Waals surface area (Å²) in [4.78, 5) is 3.83. The monoisotopic (exact) mass is 241 g/mol. The first-order valence-electron chi connectivity index (χ1n) is 4.27. The Labute approximate surface area is 95.9 Å². The van der Waals surface area contributed by atoms with Gasteiger partial charge in [0, 0.05) is 0 Å². The largest absolute Gasteiger partial charge is 0.266 e. The molecule has 0 aromatic carbocycles. The highest BCUT2D eigenvalue weighted by Crippen LogP contribution is 2.27. The molecule has 0 unspecified atom stereocenters. The summed E-state index contributed by atoms with van der Waals surface area (Å²) in [7, 11) is 0. The van der Waals surface area contributed by atoms with Gasteiger partial charge in [0.05, 0.1) is 47.0 Å². The Hall–Kier alpha value is -1.72. The molecule has 0 fully saturated rings. The molecule has 0 radical (unpaired) electrons. The van der Waals surface area contributed by atoms with Gasteiger partial charge in [-0.1, -0.05) is 0 Å². The van der Waals surface area contributed by atoms with Crippen molar-refractivity contribution >= 4 is 11.6 Å². The number of nitrogens with zero attached hydrogens (tertiary/aromatic N) is 3. The molecule has 0 spiro atoms. The van der Waals surface area contributed by atoms with Gasteiger partial charge < -0.3 is 0 Å². The zero-order valence-electron chi connectivity index (χ0n) is 8.04. The van der Waals surface area contributed by atoms with Gasteiger partial charge in [-0.05, 0) is 6.07 Å². The van der Waals surface area contributed by atoms with E-state index in [-0.39, 0.29) is 29.3 Å². The molecule has 1 rings (SSSR count). The van der Waals surface area contributed by atoms with Crippen LogP contribution in [0.2, 0.25) is 0 Å². The molecule has 0 bridgehead atoms. The quantitative estimate of drug-likeness (QED) is 0.765. The van der Waals surface area contributed by atoms with E-state index in [9.17, 15) is 8.78 Å². The van der Waals surface area contributed by atoms with Gasteiger partial charge in [-0.15, -0.1) is 11.6 Å². The molecule has 82 valence electrons. The van der Waals surface area contributed by atoms with E-state index in [1.165, 1.54) is 6.07 Å². The van der Waals surface area contributed by atoms with Crippen LogP contribution in [0.25, 0.3) is 0 Å². The van der Waals surface area contributed by atoms with Crippen LogP contribution in [0, 0.1) is 22.7 Å². The van der Waals surface area contributed by atoms with Crippen molar-refractivity contribution in [3.05, 3.63) is 28.6 Å². The number of pyridine rings is 1. The fourth-order valence-corrected chi connectivity index (χ4v) is 1.48. The van der Waals surface area contributed by atoms with Crippen molar-refractivity contribution < 1.29 is 8.78 Å². The second-order valence-corrected chi connectivity index (χ2v) is 3.17. The lowest BCUT2D eigenvalue weighted by atomic mass is 10.1. The molecule has 3 nitrogen and oxygen atoms in total. The standard InChI is InChI=1S/C10H6ClF2N3/c11-4-8-9(10(12)13)6(5-15)3-7(16-8)1-2-14/h3,10H,1,4H2. The van der Waals surface area contributed by atoms with Crippen molar-refractivity contribution in [2.75, 3.05) is 0 Å². The summed E-state index contributed by atoms with van der Waals surface area (Å²) in [6, 6.07) is 4.69. The molecule has 0 aliphatic carbocycles. The highest BCUT2D eigenvalue weighted by molar-refractivity contribution is 6.17. The summed E-state index contributed by atoms with van der Waals surface area (Å²) < 4.78 is 25.3. The molecule has 0 saturated carbocycles. The lowest BCUT2D eigenvalue weighted by Crippen LogP contribution is -2.03. The minimum atomic E-state index is -2.80. The Morgan fingerprint density at radius 2 is 2.12 bits per heavy atom. The number of rotatable bonds is 3. The van der Waals surface area contributed by atoms with Gasteiger partial charge in [-0.25, -0.2) is 8.78 Å². The van der Waals surface area contributed by atoms with Gasteiger partial charge in [-0.2, -0.15) is 10.5 Å². The highest BCUT2D eigenvalue weighted by atomic mass is 35.5. The van der Waals surface area contributed by atoms with Crippen LogP contribution in [0.5, 0.6) is 0 Å². The molecular weight excluding hydrogens is 236 g/mol. The zero-order valence-corrected chi connectivity index (χ0v) is 8.80. The van der Waals surface area contributed by atoms with E-state index in [2.05, 4.69) is 4.98 Å². The molecule has 1 aromatic rings. The third kappa shape index (κ3) is 2.44. The first-order valence-corrected chi connectivity index (χ1v) is 4.81. The number of alkyl halides is 3. The molecule has 0 N–H and O–H groups in total. The fraction of sp³-hybridized carbons (Fsp3) is 0.300. The molecule has 0 aliphatic heterocycles. The second kappa shape index (κ2) is 5.39. The van der Waals surface area contributed by atoms with E-state index < -0.39 is 12.0 Å². The molecule has 16 heavy (non-hydrogen) atoms. The van der Waals surface area contributed by atoms with Gasteiger partial charge in [0.25, 0.3) is 6.43 Å². The summed E-state index contributed by atoms with van der Waals surface area (Å²) >= 11 is 5.49. The zero-order chi connectivity index (χ0) is 12.1. The second-order valence-electron chi connectivity index (χ2n) is 2.90. The minimum Gasteiger partial charge on any atom is -0.255 e. The van der Waals surface area contributed by atoms with Crippen molar-refractivity contribution in [2.45, 2.75) is 18.7 Å². The van der Waals surface area contributed by atoms with E-state index in [1.807, 2.05) is 6.07 Å². The van der Waals surface area contributed by atoms with E-state index in [4.69, 9.17) is 22.1 Å². The maximum absolute atomic E-state index is 12.7. The van der Waals surface area contributed by atoms with Crippen molar-refractivity contribution in [3.63, 3.8) is 0 Å². The normalized spacial score (nSPS) is 9.88. The maximum atomic E-state index is 12.7. The average Bonchev–Trinajstić information content (AvgIpc) is 2.27. The molecule has 1 heterocycles. The van der Waals surface area contributed by atoms with Crippen LogP contribution in [0.15, 0.2) is 6.07 Å². The number of hydrogen-bond donors (Lipinski definition) is 0. The Kier molecular flexibility index (Phi) is 4.16. The summed E-state index contributed by atoms with van der Waals surface area (Å²) in [6.45, 7) is 0. The average molecular weight is 242 g/mol. The first kappa shape index (κ1) is 12.4. The van der Waals surface area contributed by atoms with Gasteiger partial charge in [0.15, 0.2) is 0 Å². The van der Waals surface area contributed by atoms with Crippen LogP contribution in [0.4, 0.5) is 8.78 Å². The van der Waals surface area contributed by atoms with E-state index in [1.54, 1.807) is 6.07 Å². The smallest absolute Gasteiger partial charge is 0.255 e. The van der Waals surface area contributed by atoms with Gasteiger partial charge in [0.2, 0.25) is 0 Å².